The number of hydrogen-bond donors (Lipinski definition) is 0. The SMILES string of the molecule is COc1ccc(-c2nccn2CCN2C(=O)c3ccccc3C2=O)cc1.Cl. The summed E-state index contributed by atoms with van der Waals surface area (Å²) < 4.78 is 7.11. The van der Waals surface area contributed by atoms with Crippen molar-refractivity contribution in [1.82, 2.24) is 14.5 Å². The molecule has 4 rings (SSSR count). The molecule has 6 nitrogen and oxygen atoms in total. The number of amides is 2. The van der Waals surface area contributed by atoms with Crippen LogP contribution in [-0.2, 0) is 6.54 Å². The Labute approximate surface area is 162 Å². The van der Waals surface area contributed by atoms with Crippen molar-refractivity contribution in [3.05, 3.63) is 72.1 Å². The summed E-state index contributed by atoms with van der Waals surface area (Å²) >= 11 is 0. The maximum atomic E-state index is 12.5. The summed E-state index contributed by atoms with van der Waals surface area (Å²) in [4.78, 5) is 30.6. The monoisotopic (exact) mass is 383 g/mol. The lowest BCUT2D eigenvalue weighted by Crippen LogP contribution is -2.32. The summed E-state index contributed by atoms with van der Waals surface area (Å²) in [5.41, 5.74) is 1.88. The highest BCUT2D eigenvalue weighted by Crippen LogP contribution is 2.24. The van der Waals surface area contributed by atoms with Crippen molar-refractivity contribution in [3.8, 4) is 17.1 Å². The maximum absolute atomic E-state index is 12.5. The van der Waals surface area contributed by atoms with Crippen LogP contribution in [0.25, 0.3) is 11.4 Å². The first-order valence-electron chi connectivity index (χ1n) is 8.30. The molecule has 2 amide bonds. The molecule has 0 fully saturated rings. The van der Waals surface area contributed by atoms with Crippen molar-refractivity contribution in [3.63, 3.8) is 0 Å². The molecule has 0 unspecified atom stereocenters. The minimum Gasteiger partial charge on any atom is -0.497 e. The minimum atomic E-state index is -0.239. The van der Waals surface area contributed by atoms with E-state index in [-0.39, 0.29) is 24.2 Å². The molecule has 27 heavy (non-hydrogen) atoms. The van der Waals surface area contributed by atoms with Gasteiger partial charge in [-0.2, -0.15) is 0 Å². The van der Waals surface area contributed by atoms with E-state index in [1.165, 1.54) is 4.90 Å². The Morgan fingerprint density at radius 1 is 0.926 bits per heavy atom. The molecule has 3 aromatic rings. The fraction of sp³-hybridized carbons (Fsp3) is 0.150. The van der Waals surface area contributed by atoms with Crippen LogP contribution in [0.4, 0.5) is 0 Å². The zero-order valence-corrected chi connectivity index (χ0v) is 15.5. The average molecular weight is 384 g/mol. The number of halogens is 1. The van der Waals surface area contributed by atoms with Crippen molar-refractivity contribution in [2.45, 2.75) is 6.54 Å². The Hall–Kier alpha value is -3.12. The van der Waals surface area contributed by atoms with Crippen LogP contribution >= 0.6 is 12.4 Å². The van der Waals surface area contributed by atoms with Crippen LogP contribution in [0.1, 0.15) is 20.7 Å². The summed E-state index contributed by atoms with van der Waals surface area (Å²) in [5.74, 6) is 1.08. The quantitative estimate of drug-likeness (QED) is 0.634. The number of imidazole rings is 1. The Morgan fingerprint density at radius 2 is 1.56 bits per heavy atom. The smallest absolute Gasteiger partial charge is 0.261 e. The molecule has 0 saturated heterocycles. The number of ether oxygens (including phenoxy) is 1. The van der Waals surface area contributed by atoms with Gasteiger partial charge in [0.15, 0.2) is 0 Å². The molecule has 0 saturated carbocycles. The van der Waals surface area contributed by atoms with Crippen LogP contribution in [0.15, 0.2) is 60.9 Å². The van der Waals surface area contributed by atoms with Crippen LogP contribution < -0.4 is 4.74 Å². The summed E-state index contributed by atoms with van der Waals surface area (Å²) in [7, 11) is 1.62. The number of hydrogen-bond acceptors (Lipinski definition) is 4. The van der Waals surface area contributed by atoms with Gasteiger partial charge >= 0.3 is 0 Å². The molecule has 138 valence electrons. The predicted molar refractivity (Wildman–Crippen MR) is 103 cm³/mol. The molecular weight excluding hydrogens is 366 g/mol. The van der Waals surface area contributed by atoms with Gasteiger partial charge in [-0.05, 0) is 36.4 Å². The molecule has 7 heteroatoms. The number of rotatable bonds is 5. The zero-order chi connectivity index (χ0) is 18.1. The molecule has 0 N–H and O–H groups in total. The van der Waals surface area contributed by atoms with Crippen LogP contribution in [0.5, 0.6) is 5.75 Å². The van der Waals surface area contributed by atoms with Crippen molar-refractivity contribution < 1.29 is 14.3 Å². The van der Waals surface area contributed by atoms with Gasteiger partial charge in [0, 0.05) is 31.0 Å². The van der Waals surface area contributed by atoms with Gasteiger partial charge in [0.05, 0.1) is 18.2 Å². The third-order valence-electron chi connectivity index (χ3n) is 4.51. The minimum absolute atomic E-state index is 0. The topological polar surface area (TPSA) is 64.4 Å². The van der Waals surface area contributed by atoms with Gasteiger partial charge in [0.1, 0.15) is 11.6 Å². The molecular formula is C20H18ClN3O3. The first-order chi connectivity index (χ1) is 12.7. The number of carbonyl (C=O) groups excluding carboxylic acids is 2. The van der Waals surface area contributed by atoms with E-state index in [0.29, 0.717) is 24.2 Å². The lowest BCUT2D eigenvalue weighted by atomic mass is 10.1. The van der Waals surface area contributed by atoms with Crippen LogP contribution in [0.2, 0.25) is 0 Å². The van der Waals surface area contributed by atoms with Gasteiger partial charge in [-0.1, -0.05) is 12.1 Å². The van der Waals surface area contributed by atoms with Crippen molar-refractivity contribution in [2.75, 3.05) is 13.7 Å². The van der Waals surface area contributed by atoms with Gasteiger partial charge in [0.2, 0.25) is 0 Å². The second-order valence-electron chi connectivity index (χ2n) is 5.98. The lowest BCUT2D eigenvalue weighted by Gasteiger charge is -2.15. The number of fused-ring (bicyclic) bond motifs is 1. The average Bonchev–Trinajstić information content (AvgIpc) is 3.24. The van der Waals surface area contributed by atoms with E-state index in [9.17, 15) is 9.59 Å². The Kier molecular flexibility index (Phi) is 5.28. The fourth-order valence-corrected chi connectivity index (χ4v) is 3.14. The fourth-order valence-electron chi connectivity index (χ4n) is 3.14. The summed E-state index contributed by atoms with van der Waals surface area (Å²) in [6.45, 7) is 0.776. The van der Waals surface area contributed by atoms with Gasteiger partial charge in [-0.3, -0.25) is 14.5 Å². The second-order valence-corrected chi connectivity index (χ2v) is 5.98. The number of benzene rings is 2. The highest BCUT2D eigenvalue weighted by atomic mass is 35.5. The van der Waals surface area contributed by atoms with E-state index >= 15 is 0 Å². The van der Waals surface area contributed by atoms with Gasteiger partial charge < -0.3 is 9.30 Å². The van der Waals surface area contributed by atoms with E-state index in [1.54, 1.807) is 37.6 Å². The number of imide groups is 1. The molecule has 2 aromatic carbocycles. The number of methoxy groups -OCH3 is 1. The molecule has 0 spiro atoms. The van der Waals surface area contributed by atoms with Gasteiger partial charge in [-0.25, -0.2) is 4.98 Å². The summed E-state index contributed by atoms with van der Waals surface area (Å²) in [5, 5.41) is 0. The third-order valence-corrected chi connectivity index (χ3v) is 4.51. The van der Waals surface area contributed by atoms with Crippen LogP contribution in [0, 0.1) is 0 Å². The predicted octanol–water partition coefficient (Wildman–Crippen LogP) is 3.28. The summed E-state index contributed by atoms with van der Waals surface area (Å²) in [6.07, 6.45) is 3.56. The van der Waals surface area contributed by atoms with E-state index in [1.807, 2.05) is 35.0 Å². The number of carbonyl (C=O) groups is 2. The Balaban J connectivity index is 0.00000210. The highest BCUT2D eigenvalue weighted by molar-refractivity contribution is 6.21. The van der Waals surface area contributed by atoms with Crippen LogP contribution in [0.3, 0.4) is 0 Å². The first-order valence-corrected chi connectivity index (χ1v) is 8.30. The largest absolute Gasteiger partial charge is 0.497 e. The van der Waals surface area contributed by atoms with Crippen molar-refractivity contribution in [1.29, 1.82) is 0 Å². The van der Waals surface area contributed by atoms with E-state index in [4.69, 9.17) is 4.74 Å². The number of aromatic nitrogens is 2. The van der Waals surface area contributed by atoms with Crippen LogP contribution in [-0.4, -0.2) is 39.9 Å². The Bertz CT molecular complexity index is 947. The first kappa shape index (κ1) is 18.7. The van der Waals surface area contributed by atoms with Gasteiger partial charge in [-0.15, -0.1) is 12.4 Å². The summed E-state index contributed by atoms with van der Waals surface area (Å²) in [6, 6.07) is 14.5. The highest BCUT2D eigenvalue weighted by Gasteiger charge is 2.34. The third kappa shape index (κ3) is 3.31. The van der Waals surface area contributed by atoms with E-state index in [0.717, 1.165) is 17.1 Å². The van der Waals surface area contributed by atoms with Crippen molar-refractivity contribution >= 4 is 24.2 Å². The molecule has 1 aliphatic rings. The molecule has 2 heterocycles. The van der Waals surface area contributed by atoms with E-state index in [2.05, 4.69) is 4.98 Å². The van der Waals surface area contributed by atoms with Crippen molar-refractivity contribution in [2.24, 2.45) is 0 Å². The Morgan fingerprint density at radius 3 is 2.15 bits per heavy atom. The standard InChI is InChI=1S/C20H17N3O3.ClH/c1-26-15-8-6-14(7-9-15)18-21-10-11-22(18)12-13-23-19(24)16-4-2-3-5-17(16)20(23)25;/h2-11H,12-13H2,1H3;1H. The lowest BCUT2D eigenvalue weighted by molar-refractivity contribution is 0.0649. The normalized spacial score (nSPS) is 12.7. The molecule has 0 radical (unpaired) electrons. The molecule has 0 aliphatic carbocycles. The van der Waals surface area contributed by atoms with Gasteiger partial charge in [0.25, 0.3) is 11.8 Å². The second kappa shape index (κ2) is 7.63. The molecule has 0 bridgehead atoms. The molecule has 0 atom stereocenters. The van der Waals surface area contributed by atoms with E-state index < -0.39 is 0 Å². The molecule has 1 aliphatic heterocycles. The zero-order valence-electron chi connectivity index (χ0n) is 14.7. The maximum Gasteiger partial charge on any atom is 0.261 e. The molecule has 1 aromatic heterocycles. The number of nitrogens with zero attached hydrogens (tertiary/aromatic N) is 3.